The number of nitrogens with one attached hydrogen (secondary N) is 1. The average molecular weight is 274 g/mol. The molecule has 1 aromatic rings. The molecule has 4 rings (SSSR count). The SMILES string of the molecule is c1ncn(C2CC2)c1CN(CC1CCCNC1)C1CC1. The van der Waals surface area contributed by atoms with Crippen LogP contribution >= 0.6 is 0 Å². The minimum absolute atomic E-state index is 0.755. The molecule has 1 saturated heterocycles. The lowest BCUT2D eigenvalue weighted by atomic mass is 9.99. The van der Waals surface area contributed by atoms with Gasteiger partial charge in [-0.3, -0.25) is 4.90 Å². The molecular weight excluding hydrogens is 248 g/mol. The van der Waals surface area contributed by atoms with Gasteiger partial charge in [-0.25, -0.2) is 4.98 Å². The van der Waals surface area contributed by atoms with E-state index in [1.807, 2.05) is 6.33 Å². The highest BCUT2D eigenvalue weighted by Crippen LogP contribution is 2.37. The minimum Gasteiger partial charge on any atom is -0.330 e. The number of piperidine rings is 1. The molecule has 3 aliphatic rings. The van der Waals surface area contributed by atoms with Gasteiger partial charge in [0, 0.05) is 31.4 Å². The average Bonchev–Trinajstić information content (AvgIpc) is 3.39. The van der Waals surface area contributed by atoms with Crippen molar-refractivity contribution in [1.82, 2.24) is 19.8 Å². The van der Waals surface area contributed by atoms with E-state index in [2.05, 4.69) is 26.0 Å². The number of hydrogen-bond donors (Lipinski definition) is 1. The van der Waals surface area contributed by atoms with Gasteiger partial charge in [-0.05, 0) is 57.5 Å². The molecule has 1 N–H and O–H groups in total. The summed E-state index contributed by atoms with van der Waals surface area (Å²) in [6, 6.07) is 1.60. The molecule has 0 radical (unpaired) electrons. The Hall–Kier alpha value is -0.870. The van der Waals surface area contributed by atoms with Crippen LogP contribution in [0.1, 0.15) is 50.3 Å². The second-order valence-electron chi connectivity index (χ2n) is 6.90. The van der Waals surface area contributed by atoms with Crippen LogP contribution in [0.4, 0.5) is 0 Å². The lowest BCUT2D eigenvalue weighted by Gasteiger charge is -2.30. The van der Waals surface area contributed by atoms with Gasteiger partial charge in [-0.15, -0.1) is 0 Å². The number of nitrogens with zero attached hydrogens (tertiary/aromatic N) is 3. The molecule has 2 saturated carbocycles. The Morgan fingerprint density at radius 3 is 2.85 bits per heavy atom. The van der Waals surface area contributed by atoms with Crippen molar-refractivity contribution in [2.24, 2.45) is 5.92 Å². The standard InChI is InChI=1S/C16H26N4/c1-2-13(8-17-7-1)10-19(14-3-4-14)11-16-9-18-12-20(16)15-5-6-15/h9,12-15,17H,1-8,10-11H2. The maximum Gasteiger partial charge on any atom is 0.0951 e. The van der Waals surface area contributed by atoms with E-state index in [4.69, 9.17) is 0 Å². The predicted molar refractivity (Wildman–Crippen MR) is 79.5 cm³/mol. The third-order valence-corrected chi connectivity index (χ3v) is 5.01. The summed E-state index contributed by atoms with van der Waals surface area (Å²) >= 11 is 0. The summed E-state index contributed by atoms with van der Waals surface area (Å²) in [5.74, 6) is 0.849. The molecule has 0 aromatic carbocycles. The fourth-order valence-electron chi connectivity index (χ4n) is 3.54. The second-order valence-corrected chi connectivity index (χ2v) is 6.90. The van der Waals surface area contributed by atoms with Crippen molar-refractivity contribution < 1.29 is 0 Å². The van der Waals surface area contributed by atoms with Gasteiger partial charge < -0.3 is 9.88 Å². The van der Waals surface area contributed by atoms with E-state index < -0.39 is 0 Å². The Kier molecular flexibility index (Phi) is 3.52. The first-order valence-electron chi connectivity index (χ1n) is 8.35. The van der Waals surface area contributed by atoms with E-state index in [0.29, 0.717) is 0 Å². The molecule has 0 amide bonds. The zero-order valence-electron chi connectivity index (χ0n) is 12.3. The van der Waals surface area contributed by atoms with Crippen molar-refractivity contribution in [3.05, 3.63) is 18.2 Å². The molecule has 1 atom stereocenters. The molecule has 0 bridgehead atoms. The summed E-state index contributed by atoms with van der Waals surface area (Å²) in [5, 5.41) is 3.55. The lowest BCUT2D eigenvalue weighted by Crippen LogP contribution is -2.39. The molecule has 2 heterocycles. The van der Waals surface area contributed by atoms with E-state index in [-0.39, 0.29) is 0 Å². The predicted octanol–water partition coefficient (Wildman–Crippen LogP) is 2.18. The molecule has 0 spiro atoms. The maximum atomic E-state index is 4.39. The summed E-state index contributed by atoms with van der Waals surface area (Å²) in [5.41, 5.74) is 1.43. The summed E-state index contributed by atoms with van der Waals surface area (Å²) < 4.78 is 2.43. The van der Waals surface area contributed by atoms with E-state index >= 15 is 0 Å². The smallest absolute Gasteiger partial charge is 0.0951 e. The van der Waals surface area contributed by atoms with Crippen LogP contribution < -0.4 is 5.32 Å². The largest absolute Gasteiger partial charge is 0.330 e. The summed E-state index contributed by atoms with van der Waals surface area (Å²) in [6.07, 6.45) is 12.4. The van der Waals surface area contributed by atoms with Gasteiger partial charge in [0.2, 0.25) is 0 Å². The van der Waals surface area contributed by atoms with Crippen molar-refractivity contribution in [2.45, 2.75) is 57.2 Å². The van der Waals surface area contributed by atoms with Crippen molar-refractivity contribution in [1.29, 1.82) is 0 Å². The van der Waals surface area contributed by atoms with E-state index in [1.165, 1.54) is 63.9 Å². The van der Waals surface area contributed by atoms with E-state index in [9.17, 15) is 0 Å². The van der Waals surface area contributed by atoms with Crippen LogP contribution in [0, 0.1) is 5.92 Å². The van der Waals surface area contributed by atoms with Crippen molar-refractivity contribution in [3.8, 4) is 0 Å². The Morgan fingerprint density at radius 1 is 1.25 bits per heavy atom. The number of imidazole rings is 1. The van der Waals surface area contributed by atoms with Crippen LogP contribution in [0.3, 0.4) is 0 Å². The topological polar surface area (TPSA) is 33.1 Å². The minimum atomic E-state index is 0.755. The highest BCUT2D eigenvalue weighted by Gasteiger charge is 2.32. The molecule has 3 fully saturated rings. The van der Waals surface area contributed by atoms with Crippen LogP contribution in [0.5, 0.6) is 0 Å². The van der Waals surface area contributed by atoms with Crippen LogP contribution in [-0.4, -0.2) is 40.1 Å². The van der Waals surface area contributed by atoms with Gasteiger partial charge in [0.1, 0.15) is 0 Å². The van der Waals surface area contributed by atoms with Crippen LogP contribution in [0.2, 0.25) is 0 Å². The van der Waals surface area contributed by atoms with Crippen molar-refractivity contribution in [2.75, 3.05) is 19.6 Å². The Bertz CT molecular complexity index is 441. The van der Waals surface area contributed by atoms with Gasteiger partial charge in [0.15, 0.2) is 0 Å². The maximum absolute atomic E-state index is 4.39. The molecule has 1 aromatic heterocycles. The first-order chi connectivity index (χ1) is 9.90. The number of hydrogen-bond acceptors (Lipinski definition) is 3. The zero-order valence-corrected chi connectivity index (χ0v) is 12.3. The molecule has 1 unspecified atom stereocenters. The number of rotatable bonds is 6. The highest BCUT2D eigenvalue weighted by molar-refractivity contribution is 5.05. The Balaban J connectivity index is 1.41. The fourth-order valence-corrected chi connectivity index (χ4v) is 3.54. The number of aromatic nitrogens is 2. The van der Waals surface area contributed by atoms with Crippen LogP contribution in [-0.2, 0) is 6.54 Å². The van der Waals surface area contributed by atoms with Crippen molar-refractivity contribution in [3.63, 3.8) is 0 Å². The summed E-state index contributed by atoms with van der Waals surface area (Å²) in [7, 11) is 0. The molecule has 20 heavy (non-hydrogen) atoms. The quantitative estimate of drug-likeness (QED) is 0.863. The van der Waals surface area contributed by atoms with Crippen LogP contribution in [0.25, 0.3) is 0 Å². The zero-order chi connectivity index (χ0) is 13.4. The highest BCUT2D eigenvalue weighted by atomic mass is 15.2. The molecule has 4 heteroatoms. The summed E-state index contributed by atoms with van der Waals surface area (Å²) in [6.45, 7) is 4.81. The monoisotopic (exact) mass is 274 g/mol. The normalized spacial score (nSPS) is 27.1. The van der Waals surface area contributed by atoms with Gasteiger partial charge in [0.05, 0.1) is 12.0 Å². The van der Waals surface area contributed by atoms with Gasteiger partial charge in [0.25, 0.3) is 0 Å². The van der Waals surface area contributed by atoms with E-state index in [0.717, 1.165) is 24.5 Å². The Morgan fingerprint density at radius 2 is 2.15 bits per heavy atom. The molecular formula is C16H26N4. The molecule has 4 nitrogen and oxygen atoms in total. The second kappa shape index (κ2) is 5.49. The van der Waals surface area contributed by atoms with Crippen molar-refractivity contribution >= 4 is 0 Å². The van der Waals surface area contributed by atoms with Crippen LogP contribution in [0.15, 0.2) is 12.5 Å². The third kappa shape index (κ3) is 2.91. The molecule has 1 aliphatic heterocycles. The first kappa shape index (κ1) is 12.8. The fraction of sp³-hybridized carbons (Fsp3) is 0.812. The lowest BCUT2D eigenvalue weighted by molar-refractivity contribution is 0.189. The summed E-state index contributed by atoms with van der Waals surface area (Å²) in [4.78, 5) is 7.12. The van der Waals surface area contributed by atoms with Gasteiger partial charge in [-0.1, -0.05) is 0 Å². The van der Waals surface area contributed by atoms with Gasteiger partial charge in [-0.2, -0.15) is 0 Å². The Labute approximate surface area is 121 Å². The molecule has 110 valence electrons. The van der Waals surface area contributed by atoms with Gasteiger partial charge >= 0.3 is 0 Å². The molecule has 2 aliphatic carbocycles. The van der Waals surface area contributed by atoms with E-state index in [1.54, 1.807) is 0 Å². The third-order valence-electron chi connectivity index (χ3n) is 5.01. The first-order valence-corrected chi connectivity index (χ1v) is 8.35.